The van der Waals surface area contributed by atoms with Gasteiger partial charge in [0.05, 0.1) is 18.2 Å². The van der Waals surface area contributed by atoms with Gasteiger partial charge in [-0.05, 0) is 19.3 Å². The molecule has 0 bridgehead atoms. The van der Waals surface area contributed by atoms with Crippen molar-refractivity contribution in [1.29, 1.82) is 0 Å². The third kappa shape index (κ3) is 2.61. The Hall–Kier alpha value is -0.730. The molecule has 2 saturated heterocycles. The van der Waals surface area contributed by atoms with Gasteiger partial charge in [-0.2, -0.15) is 0 Å². The molecule has 0 amide bonds. The highest BCUT2D eigenvalue weighted by atomic mass is 16.4. The van der Waals surface area contributed by atoms with E-state index < -0.39 is 35.9 Å². The molecule has 0 aliphatic carbocycles. The number of carbonyl (C=O) groups is 1. The summed E-state index contributed by atoms with van der Waals surface area (Å²) in [7, 11) is 0. The first kappa shape index (κ1) is 14.7. The topological polar surface area (TPSA) is 121 Å². The minimum Gasteiger partial charge on any atom is -0.481 e. The second-order valence-electron chi connectivity index (χ2n) is 5.54. The molecule has 0 aromatic heterocycles. The van der Waals surface area contributed by atoms with Crippen LogP contribution in [0.5, 0.6) is 0 Å². The van der Waals surface area contributed by atoms with Crippen molar-refractivity contribution in [3.63, 3.8) is 0 Å². The normalized spacial score (nSPS) is 43.2. The second-order valence-corrected chi connectivity index (χ2v) is 5.54. The lowest BCUT2D eigenvalue weighted by molar-refractivity contribution is -0.209. The first-order valence-corrected chi connectivity index (χ1v) is 6.58. The van der Waals surface area contributed by atoms with Crippen molar-refractivity contribution in [2.45, 2.75) is 55.6 Å². The van der Waals surface area contributed by atoms with Crippen molar-refractivity contribution in [2.75, 3.05) is 13.1 Å². The number of aliphatic hydroxyl groups excluding tert-OH is 3. The van der Waals surface area contributed by atoms with Gasteiger partial charge in [-0.3, -0.25) is 9.69 Å². The summed E-state index contributed by atoms with van der Waals surface area (Å²) in [4.78, 5) is 12.3. The molecule has 0 aromatic carbocycles. The van der Waals surface area contributed by atoms with Gasteiger partial charge in [-0.15, -0.1) is 0 Å². The molecule has 5 atom stereocenters. The van der Waals surface area contributed by atoms with Crippen LogP contribution in [0.15, 0.2) is 0 Å². The molecule has 2 aliphatic rings. The van der Waals surface area contributed by atoms with Crippen molar-refractivity contribution in [2.24, 2.45) is 0 Å². The second kappa shape index (κ2) is 5.34. The van der Waals surface area contributed by atoms with Gasteiger partial charge in [0, 0.05) is 19.5 Å². The van der Waals surface area contributed by atoms with E-state index in [2.05, 4.69) is 0 Å². The summed E-state index contributed by atoms with van der Waals surface area (Å²) in [6.45, 7) is 0.757. The summed E-state index contributed by atoms with van der Waals surface area (Å²) in [5.41, 5.74) is -1.75. The van der Waals surface area contributed by atoms with Crippen LogP contribution in [0.3, 0.4) is 0 Å². The number of hydrogen-bond donors (Lipinski definition) is 5. The number of nitrogens with zero attached hydrogens (tertiary/aromatic N) is 1. The zero-order valence-electron chi connectivity index (χ0n) is 10.6. The predicted octanol–water partition coefficient (Wildman–Crippen LogP) is -1.86. The van der Waals surface area contributed by atoms with Crippen molar-refractivity contribution >= 4 is 5.97 Å². The zero-order chi connectivity index (χ0) is 14.2. The van der Waals surface area contributed by atoms with E-state index in [0.717, 1.165) is 0 Å². The fourth-order valence-corrected chi connectivity index (χ4v) is 3.19. The van der Waals surface area contributed by atoms with Gasteiger partial charge in [-0.25, -0.2) is 0 Å². The molecule has 2 aliphatic heterocycles. The van der Waals surface area contributed by atoms with Crippen molar-refractivity contribution in [3.05, 3.63) is 0 Å². The summed E-state index contributed by atoms with van der Waals surface area (Å²) >= 11 is 0. The molecule has 7 heteroatoms. The Morgan fingerprint density at radius 2 is 2.00 bits per heavy atom. The number of rotatable bonds is 4. The lowest BCUT2D eigenvalue weighted by Gasteiger charge is -2.48. The van der Waals surface area contributed by atoms with E-state index in [1.807, 2.05) is 0 Å². The van der Waals surface area contributed by atoms with Gasteiger partial charge in [0.25, 0.3) is 0 Å². The van der Waals surface area contributed by atoms with Crippen molar-refractivity contribution in [1.82, 2.24) is 4.90 Å². The number of carboxylic acids is 1. The number of aliphatic hydroxyl groups is 4. The van der Waals surface area contributed by atoms with Gasteiger partial charge in [0.2, 0.25) is 0 Å². The predicted molar refractivity (Wildman–Crippen MR) is 64.4 cm³/mol. The first-order valence-electron chi connectivity index (χ1n) is 6.58. The molecule has 0 spiro atoms. The quantitative estimate of drug-likeness (QED) is 0.408. The molecular weight excluding hydrogens is 254 g/mol. The molecule has 0 unspecified atom stereocenters. The van der Waals surface area contributed by atoms with E-state index in [9.17, 15) is 25.2 Å². The zero-order valence-corrected chi connectivity index (χ0v) is 10.6. The average molecular weight is 275 g/mol. The maximum Gasteiger partial charge on any atom is 0.303 e. The highest BCUT2D eigenvalue weighted by molar-refractivity contribution is 5.66. The Labute approximate surface area is 111 Å². The van der Waals surface area contributed by atoms with Crippen LogP contribution in [0.4, 0.5) is 0 Å². The Morgan fingerprint density at radius 1 is 1.32 bits per heavy atom. The summed E-state index contributed by atoms with van der Waals surface area (Å²) in [6, 6.07) is -0.585. The van der Waals surface area contributed by atoms with Gasteiger partial charge in [0.1, 0.15) is 11.7 Å². The molecular formula is C12H21NO6. The largest absolute Gasteiger partial charge is 0.481 e. The molecule has 2 rings (SSSR count). The SMILES string of the molecule is O=C(O)CCC[C@]1(O)[C@H](O)[C@H]2[C@@H](O)CCN2C[C@@H]1O. The van der Waals surface area contributed by atoms with Gasteiger partial charge < -0.3 is 25.5 Å². The Bertz CT molecular complexity index is 351. The van der Waals surface area contributed by atoms with Crippen molar-refractivity contribution in [3.8, 4) is 0 Å². The lowest BCUT2D eigenvalue weighted by Crippen LogP contribution is -2.68. The molecule has 0 aromatic rings. The van der Waals surface area contributed by atoms with Crippen LogP contribution in [0, 0.1) is 0 Å². The fourth-order valence-electron chi connectivity index (χ4n) is 3.19. The van der Waals surface area contributed by atoms with Crippen LogP contribution < -0.4 is 0 Å². The van der Waals surface area contributed by atoms with Crippen LogP contribution in [0.2, 0.25) is 0 Å². The van der Waals surface area contributed by atoms with E-state index in [1.54, 1.807) is 4.90 Å². The minimum atomic E-state index is -1.75. The third-order valence-electron chi connectivity index (χ3n) is 4.32. The highest BCUT2D eigenvalue weighted by Gasteiger charge is 2.55. The van der Waals surface area contributed by atoms with E-state index in [-0.39, 0.29) is 25.8 Å². The minimum absolute atomic E-state index is 0.00130. The fraction of sp³-hybridized carbons (Fsp3) is 0.917. The summed E-state index contributed by atoms with van der Waals surface area (Å²) in [5, 5.41) is 49.2. The molecule has 0 saturated carbocycles. The first-order chi connectivity index (χ1) is 8.86. The van der Waals surface area contributed by atoms with E-state index in [0.29, 0.717) is 13.0 Å². The number of aliphatic carboxylic acids is 1. The molecule has 2 fully saturated rings. The van der Waals surface area contributed by atoms with Gasteiger partial charge in [0.15, 0.2) is 0 Å². The van der Waals surface area contributed by atoms with E-state index in [1.165, 1.54) is 0 Å². The van der Waals surface area contributed by atoms with Crippen LogP contribution in [0.1, 0.15) is 25.7 Å². The monoisotopic (exact) mass is 275 g/mol. The molecule has 110 valence electrons. The highest BCUT2D eigenvalue weighted by Crippen LogP contribution is 2.36. The van der Waals surface area contributed by atoms with Crippen LogP contribution in [-0.2, 0) is 4.79 Å². The van der Waals surface area contributed by atoms with Crippen LogP contribution in [0.25, 0.3) is 0 Å². The number of fused-ring (bicyclic) bond motifs is 1. The standard InChI is InChI=1S/C12H21NO6/c14-7-3-5-13-6-8(15)12(19,11(18)10(7)13)4-1-2-9(16)17/h7-8,10-11,14-15,18-19H,1-6H2,(H,16,17)/t7-,8-,10+,11+,12+/m0/s1. The number of hydrogen-bond acceptors (Lipinski definition) is 6. The Balaban J connectivity index is 2.07. The van der Waals surface area contributed by atoms with Crippen molar-refractivity contribution < 1.29 is 30.3 Å². The number of carboxylic acid groups (broad SMARTS) is 1. The van der Waals surface area contributed by atoms with Crippen LogP contribution in [-0.4, -0.2) is 79.4 Å². The third-order valence-corrected chi connectivity index (χ3v) is 4.32. The van der Waals surface area contributed by atoms with E-state index >= 15 is 0 Å². The Morgan fingerprint density at radius 3 is 2.63 bits per heavy atom. The van der Waals surface area contributed by atoms with E-state index in [4.69, 9.17) is 5.11 Å². The molecule has 2 heterocycles. The smallest absolute Gasteiger partial charge is 0.303 e. The number of piperidine rings is 1. The van der Waals surface area contributed by atoms with Crippen LogP contribution >= 0.6 is 0 Å². The Kier molecular flexibility index (Phi) is 4.12. The lowest BCUT2D eigenvalue weighted by atomic mass is 9.77. The molecule has 7 nitrogen and oxygen atoms in total. The summed E-state index contributed by atoms with van der Waals surface area (Å²) < 4.78 is 0. The van der Waals surface area contributed by atoms with Gasteiger partial charge >= 0.3 is 5.97 Å². The molecule has 5 N–H and O–H groups in total. The molecule has 19 heavy (non-hydrogen) atoms. The summed E-state index contributed by atoms with van der Waals surface area (Å²) in [5.74, 6) is -0.981. The average Bonchev–Trinajstić information content (AvgIpc) is 2.68. The maximum atomic E-state index is 10.5. The summed E-state index contributed by atoms with van der Waals surface area (Å²) in [6.07, 6.45) is -2.60. The molecule has 0 radical (unpaired) electrons. The maximum absolute atomic E-state index is 10.5. The van der Waals surface area contributed by atoms with Gasteiger partial charge in [-0.1, -0.05) is 0 Å².